The van der Waals surface area contributed by atoms with Gasteiger partial charge in [0.05, 0.1) is 4.90 Å². The highest BCUT2D eigenvalue weighted by Gasteiger charge is 2.28. The third-order valence-corrected chi connectivity index (χ3v) is 6.37. The lowest BCUT2D eigenvalue weighted by molar-refractivity contribution is -0.140. The van der Waals surface area contributed by atoms with Gasteiger partial charge in [0.25, 0.3) is 0 Å². The fourth-order valence-corrected chi connectivity index (χ4v) is 5.09. The smallest absolute Gasteiger partial charge is 0.322 e. The Bertz CT molecular complexity index is 1020. The first-order valence-corrected chi connectivity index (χ1v) is 9.67. The van der Waals surface area contributed by atoms with Crippen LogP contribution in [-0.2, 0) is 14.8 Å². The lowest BCUT2D eigenvalue weighted by Crippen LogP contribution is -2.44. The summed E-state index contributed by atoms with van der Waals surface area (Å²) in [5.41, 5.74) is 0. The number of carboxylic acids is 1. The summed E-state index contributed by atoms with van der Waals surface area (Å²) in [6, 6.07) is 12.3. The molecule has 0 aliphatic carbocycles. The van der Waals surface area contributed by atoms with Gasteiger partial charge in [-0.2, -0.15) is 4.72 Å². The highest BCUT2D eigenvalue weighted by Crippen LogP contribution is 2.34. The Kier molecular flexibility index (Phi) is 4.33. The predicted molar refractivity (Wildman–Crippen MR) is 94.8 cm³/mol. The summed E-state index contributed by atoms with van der Waals surface area (Å²) in [5.74, 6) is -1.55. The average Bonchev–Trinajstić information content (AvgIpc) is 2.89. The van der Waals surface area contributed by atoms with Crippen LogP contribution in [0, 0.1) is 12.0 Å². The molecule has 0 bridgehead atoms. The number of fused-ring (bicyclic) bond motifs is 3. The zero-order valence-corrected chi connectivity index (χ0v) is 14.7. The Labute approximate surface area is 144 Å². The van der Waals surface area contributed by atoms with E-state index in [0.29, 0.717) is 0 Å². The van der Waals surface area contributed by atoms with E-state index in [2.05, 4.69) is 10.8 Å². The van der Waals surface area contributed by atoms with Crippen molar-refractivity contribution in [2.75, 3.05) is 0 Å². The summed E-state index contributed by atoms with van der Waals surface area (Å²) in [6.07, 6.45) is 0. The van der Waals surface area contributed by atoms with Gasteiger partial charge in [-0.05, 0) is 30.2 Å². The highest BCUT2D eigenvalue weighted by atomic mass is 32.2. The van der Waals surface area contributed by atoms with E-state index in [1.807, 2.05) is 18.2 Å². The van der Waals surface area contributed by atoms with E-state index in [0.717, 1.165) is 20.2 Å². The zero-order chi connectivity index (χ0) is 17.5. The van der Waals surface area contributed by atoms with Gasteiger partial charge in [-0.1, -0.05) is 32.0 Å². The first kappa shape index (κ1) is 16.9. The molecule has 0 saturated carbocycles. The number of rotatable bonds is 5. The summed E-state index contributed by atoms with van der Waals surface area (Å²) in [7, 11) is -3.91. The van der Waals surface area contributed by atoms with E-state index in [1.54, 1.807) is 26.0 Å². The number of sulfonamides is 1. The Morgan fingerprint density at radius 3 is 2.58 bits per heavy atom. The molecule has 0 spiro atoms. The van der Waals surface area contributed by atoms with Crippen LogP contribution in [0.15, 0.2) is 41.3 Å². The number of carboxylic acid groups (broad SMARTS) is 1. The van der Waals surface area contributed by atoms with Crippen molar-refractivity contribution < 1.29 is 18.3 Å². The van der Waals surface area contributed by atoms with Gasteiger partial charge in [0, 0.05) is 20.2 Å². The molecule has 1 aromatic heterocycles. The van der Waals surface area contributed by atoms with Crippen molar-refractivity contribution in [2.45, 2.75) is 24.8 Å². The monoisotopic (exact) mass is 362 g/mol. The van der Waals surface area contributed by atoms with E-state index >= 15 is 0 Å². The molecular weight excluding hydrogens is 346 g/mol. The van der Waals surface area contributed by atoms with Crippen molar-refractivity contribution in [1.82, 2.24) is 4.72 Å². The van der Waals surface area contributed by atoms with Crippen LogP contribution < -0.4 is 4.72 Å². The first-order chi connectivity index (χ1) is 11.3. The second kappa shape index (κ2) is 6.16. The molecule has 125 valence electrons. The molecule has 1 radical (unpaired) electrons. The number of hydrogen-bond donors (Lipinski definition) is 2. The van der Waals surface area contributed by atoms with Gasteiger partial charge in [-0.25, -0.2) is 8.42 Å². The first-order valence-electron chi connectivity index (χ1n) is 7.37. The molecule has 2 aromatic carbocycles. The van der Waals surface area contributed by atoms with Crippen LogP contribution in [0.1, 0.15) is 13.8 Å². The molecule has 0 aliphatic rings. The SMILES string of the molecule is CC(C)[C@H](NS(=O)(=O)c1ccc2c(c1)sc1c[c]ccc12)C(=O)O. The number of benzene rings is 2. The van der Waals surface area contributed by atoms with Crippen molar-refractivity contribution in [2.24, 2.45) is 5.92 Å². The van der Waals surface area contributed by atoms with Crippen molar-refractivity contribution in [1.29, 1.82) is 0 Å². The lowest BCUT2D eigenvalue weighted by Gasteiger charge is -2.18. The van der Waals surface area contributed by atoms with Crippen molar-refractivity contribution in [3.8, 4) is 0 Å². The topological polar surface area (TPSA) is 83.5 Å². The quantitative estimate of drug-likeness (QED) is 0.730. The van der Waals surface area contributed by atoms with Crippen LogP contribution in [0.5, 0.6) is 0 Å². The van der Waals surface area contributed by atoms with Gasteiger partial charge in [0.2, 0.25) is 10.0 Å². The molecule has 7 heteroatoms. The maximum Gasteiger partial charge on any atom is 0.322 e. The van der Waals surface area contributed by atoms with Gasteiger partial charge in [0.15, 0.2) is 0 Å². The summed E-state index contributed by atoms with van der Waals surface area (Å²) >= 11 is 1.48. The van der Waals surface area contributed by atoms with Crippen molar-refractivity contribution >= 4 is 47.5 Å². The van der Waals surface area contributed by atoms with Gasteiger partial charge in [-0.15, -0.1) is 11.3 Å². The molecule has 0 aliphatic heterocycles. The standard InChI is InChI=1S/C17H16NO4S2/c1-10(2)16(17(19)20)18-24(21,22)11-7-8-13-12-5-3-4-6-14(12)23-15(13)9-11/h3,5-10,16,18H,1-2H3,(H,19,20)/t16-/m0/s1. The molecular formula is C17H16NO4S2. The van der Waals surface area contributed by atoms with Gasteiger partial charge in [-0.3, -0.25) is 4.79 Å². The van der Waals surface area contributed by atoms with Crippen molar-refractivity contribution in [3.05, 3.63) is 42.5 Å². The van der Waals surface area contributed by atoms with Gasteiger partial charge < -0.3 is 5.11 Å². The molecule has 5 nitrogen and oxygen atoms in total. The molecule has 1 atom stereocenters. The Morgan fingerprint density at radius 2 is 1.92 bits per heavy atom. The number of aliphatic carboxylic acids is 1. The maximum atomic E-state index is 12.5. The van der Waals surface area contributed by atoms with E-state index in [9.17, 15) is 18.3 Å². The normalized spacial score (nSPS) is 13.6. The van der Waals surface area contributed by atoms with E-state index in [-0.39, 0.29) is 10.8 Å². The molecule has 0 fully saturated rings. The minimum Gasteiger partial charge on any atom is -0.480 e. The van der Waals surface area contributed by atoms with E-state index in [4.69, 9.17) is 0 Å². The molecule has 3 aromatic rings. The predicted octanol–water partition coefficient (Wildman–Crippen LogP) is 3.24. The molecule has 0 unspecified atom stereocenters. The largest absolute Gasteiger partial charge is 0.480 e. The number of carbonyl (C=O) groups is 1. The lowest BCUT2D eigenvalue weighted by atomic mass is 10.1. The number of nitrogens with one attached hydrogen (secondary N) is 1. The van der Waals surface area contributed by atoms with Crippen LogP contribution in [-0.4, -0.2) is 25.5 Å². The van der Waals surface area contributed by atoms with Crippen LogP contribution in [0.3, 0.4) is 0 Å². The number of hydrogen-bond acceptors (Lipinski definition) is 4. The summed E-state index contributed by atoms with van der Waals surface area (Å²) in [6.45, 7) is 3.32. The molecule has 1 heterocycles. The highest BCUT2D eigenvalue weighted by molar-refractivity contribution is 7.89. The fourth-order valence-electron chi connectivity index (χ4n) is 2.52. The third-order valence-electron chi connectivity index (χ3n) is 3.81. The molecule has 2 N–H and O–H groups in total. The molecule has 24 heavy (non-hydrogen) atoms. The zero-order valence-electron chi connectivity index (χ0n) is 13.1. The summed E-state index contributed by atoms with van der Waals surface area (Å²) in [5, 5.41) is 11.2. The minimum atomic E-state index is -3.91. The van der Waals surface area contributed by atoms with Crippen LogP contribution in [0.2, 0.25) is 0 Å². The fraction of sp³-hybridized carbons (Fsp3) is 0.235. The second-order valence-corrected chi connectivity index (χ2v) is 8.66. The van der Waals surface area contributed by atoms with Crippen LogP contribution >= 0.6 is 11.3 Å². The van der Waals surface area contributed by atoms with Crippen molar-refractivity contribution in [3.63, 3.8) is 0 Å². The minimum absolute atomic E-state index is 0.0671. The van der Waals surface area contributed by atoms with E-state index in [1.165, 1.54) is 17.4 Å². The van der Waals surface area contributed by atoms with Gasteiger partial charge in [0.1, 0.15) is 6.04 Å². The van der Waals surface area contributed by atoms with Crippen LogP contribution in [0.25, 0.3) is 20.2 Å². The summed E-state index contributed by atoms with van der Waals surface area (Å²) in [4.78, 5) is 11.3. The van der Waals surface area contributed by atoms with E-state index < -0.39 is 22.0 Å². The molecule has 3 rings (SSSR count). The Balaban J connectivity index is 2.04. The Morgan fingerprint density at radius 1 is 1.21 bits per heavy atom. The average molecular weight is 362 g/mol. The summed E-state index contributed by atoms with van der Waals surface area (Å²) < 4.78 is 29.2. The number of thiophene rings is 1. The second-order valence-electron chi connectivity index (χ2n) is 5.86. The molecule has 0 amide bonds. The van der Waals surface area contributed by atoms with Gasteiger partial charge >= 0.3 is 5.97 Å². The molecule has 0 saturated heterocycles. The van der Waals surface area contributed by atoms with Crippen LogP contribution in [0.4, 0.5) is 0 Å². The maximum absolute atomic E-state index is 12.5. The Hall–Kier alpha value is -1.96. The third kappa shape index (κ3) is 3.02.